The maximum atomic E-state index is 10.8. The number of hydrogen-bond donors (Lipinski definition) is 1. The molecule has 0 aliphatic rings. The van der Waals surface area contributed by atoms with Crippen LogP contribution in [0.3, 0.4) is 0 Å². The summed E-state index contributed by atoms with van der Waals surface area (Å²) in [6.07, 6.45) is 0.426. The van der Waals surface area contributed by atoms with Crippen LogP contribution in [0.15, 0.2) is 54.6 Å². The van der Waals surface area contributed by atoms with E-state index in [4.69, 9.17) is 27.5 Å². The van der Waals surface area contributed by atoms with E-state index in [1.54, 1.807) is 0 Å². The average Bonchev–Trinajstić information content (AvgIpc) is 2.61. The lowest BCUT2D eigenvalue weighted by molar-refractivity contribution is -0.140. The normalized spacial score (nSPS) is 10.2. The van der Waals surface area contributed by atoms with E-state index in [9.17, 15) is 4.79 Å². The number of hydrazine groups is 1. The molecule has 132 valence electrons. The van der Waals surface area contributed by atoms with Gasteiger partial charge in [-0.15, -0.1) is 0 Å². The standard InChI is InChI=1S/C19H22N2O3S/c1-15(22)23-11-10-19(25)21(20)13-17-8-5-9-18(12-17)24-14-16-6-3-2-4-7-16/h2-9,12H,10-11,13-14,20H2,1H3. The second-order valence-corrected chi connectivity index (χ2v) is 6.00. The minimum Gasteiger partial charge on any atom is -0.489 e. The molecule has 2 aromatic carbocycles. The van der Waals surface area contributed by atoms with E-state index in [2.05, 4.69) is 0 Å². The number of benzene rings is 2. The van der Waals surface area contributed by atoms with Crippen molar-refractivity contribution in [1.82, 2.24) is 5.01 Å². The molecule has 0 aliphatic heterocycles. The molecule has 2 rings (SSSR count). The number of hydrogen-bond acceptors (Lipinski definition) is 5. The van der Waals surface area contributed by atoms with Crippen LogP contribution in [0.25, 0.3) is 0 Å². The van der Waals surface area contributed by atoms with Crippen LogP contribution in [0, 0.1) is 0 Å². The van der Waals surface area contributed by atoms with Crippen LogP contribution in [0.5, 0.6) is 5.75 Å². The Morgan fingerprint density at radius 2 is 1.84 bits per heavy atom. The highest BCUT2D eigenvalue weighted by molar-refractivity contribution is 7.80. The summed E-state index contributed by atoms with van der Waals surface area (Å²) in [5, 5.41) is 1.48. The van der Waals surface area contributed by atoms with E-state index in [0.29, 0.717) is 24.6 Å². The fraction of sp³-hybridized carbons (Fsp3) is 0.263. The zero-order chi connectivity index (χ0) is 18.1. The molecule has 0 atom stereocenters. The number of esters is 1. The van der Waals surface area contributed by atoms with E-state index in [0.717, 1.165) is 16.9 Å². The summed E-state index contributed by atoms with van der Waals surface area (Å²) in [6.45, 7) is 2.57. The van der Waals surface area contributed by atoms with E-state index >= 15 is 0 Å². The van der Waals surface area contributed by atoms with Crippen LogP contribution in [-0.2, 0) is 22.7 Å². The summed E-state index contributed by atoms with van der Waals surface area (Å²) in [6, 6.07) is 17.7. The van der Waals surface area contributed by atoms with Crippen molar-refractivity contribution in [2.24, 2.45) is 5.84 Å². The monoisotopic (exact) mass is 358 g/mol. The molecule has 0 aliphatic carbocycles. The number of carbonyl (C=O) groups is 1. The third-order valence-corrected chi connectivity index (χ3v) is 3.88. The molecule has 0 spiro atoms. The molecule has 0 saturated carbocycles. The predicted molar refractivity (Wildman–Crippen MR) is 101 cm³/mol. The second-order valence-electron chi connectivity index (χ2n) is 5.53. The summed E-state index contributed by atoms with van der Waals surface area (Å²) in [5.41, 5.74) is 2.10. The molecule has 25 heavy (non-hydrogen) atoms. The first kappa shape index (κ1) is 18.9. The Labute approximate surface area is 153 Å². The molecule has 6 heteroatoms. The molecular weight excluding hydrogens is 336 g/mol. The molecule has 0 saturated heterocycles. The Bertz CT molecular complexity index is 707. The van der Waals surface area contributed by atoms with Gasteiger partial charge in [0.05, 0.1) is 18.1 Å². The molecule has 2 N–H and O–H groups in total. The number of nitrogens with zero attached hydrogens (tertiary/aromatic N) is 1. The van der Waals surface area contributed by atoms with Crippen molar-refractivity contribution < 1.29 is 14.3 Å². The van der Waals surface area contributed by atoms with Gasteiger partial charge in [-0.25, -0.2) is 5.84 Å². The fourth-order valence-electron chi connectivity index (χ4n) is 2.19. The van der Waals surface area contributed by atoms with Crippen molar-refractivity contribution in [3.63, 3.8) is 0 Å². The van der Waals surface area contributed by atoms with Crippen LogP contribution >= 0.6 is 12.2 Å². The number of rotatable bonds is 8. The zero-order valence-corrected chi connectivity index (χ0v) is 15.0. The van der Waals surface area contributed by atoms with Crippen LogP contribution in [0.4, 0.5) is 0 Å². The van der Waals surface area contributed by atoms with Gasteiger partial charge in [0.15, 0.2) is 0 Å². The quantitative estimate of drug-likeness (QED) is 0.338. The molecule has 0 unspecified atom stereocenters. The number of thiocarbonyl (C=S) groups is 1. The highest BCUT2D eigenvalue weighted by Crippen LogP contribution is 2.16. The highest BCUT2D eigenvalue weighted by Gasteiger charge is 2.08. The van der Waals surface area contributed by atoms with Gasteiger partial charge < -0.3 is 14.5 Å². The molecule has 0 radical (unpaired) electrons. The van der Waals surface area contributed by atoms with Crippen molar-refractivity contribution in [1.29, 1.82) is 0 Å². The summed E-state index contributed by atoms with van der Waals surface area (Å²) in [5.74, 6) is 6.45. The summed E-state index contributed by atoms with van der Waals surface area (Å²) in [7, 11) is 0. The van der Waals surface area contributed by atoms with E-state index in [1.807, 2.05) is 54.6 Å². The number of carbonyl (C=O) groups excluding carboxylic acids is 1. The summed E-state index contributed by atoms with van der Waals surface area (Å²) >= 11 is 5.25. The molecule has 0 amide bonds. The Kier molecular flexibility index (Phi) is 7.37. The average molecular weight is 358 g/mol. The zero-order valence-electron chi connectivity index (χ0n) is 14.2. The van der Waals surface area contributed by atoms with Gasteiger partial charge >= 0.3 is 5.97 Å². The molecule has 5 nitrogen and oxygen atoms in total. The van der Waals surface area contributed by atoms with Gasteiger partial charge in [0.2, 0.25) is 0 Å². The lowest BCUT2D eigenvalue weighted by Gasteiger charge is -2.19. The van der Waals surface area contributed by atoms with Gasteiger partial charge in [-0.05, 0) is 23.3 Å². The third-order valence-electron chi connectivity index (χ3n) is 3.44. The summed E-state index contributed by atoms with van der Waals surface area (Å²) in [4.78, 5) is 11.3. The van der Waals surface area contributed by atoms with Gasteiger partial charge in [0, 0.05) is 13.3 Å². The molecular formula is C19H22N2O3S. The van der Waals surface area contributed by atoms with Gasteiger partial charge in [0.25, 0.3) is 0 Å². The Morgan fingerprint density at radius 1 is 1.12 bits per heavy atom. The van der Waals surface area contributed by atoms with Crippen molar-refractivity contribution in [3.8, 4) is 5.75 Å². The van der Waals surface area contributed by atoms with Crippen molar-refractivity contribution in [2.75, 3.05) is 6.61 Å². The van der Waals surface area contributed by atoms with Crippen LogP contribution in [0.1, 0.15) is 24.5 Å². The SMILES string of the molecule is CC(=O)OCCC(=S)N(N)Cc1cccc(OCc2ccccc2)c1. The van der Waals surface area contributed by atoms with Crippen molar-refractivity contribution >= 4 is 23.2 Å². The summed E-state index contributed by atoms with van der Waals surface area (Å²) < 4.78 is 10.7. The lowest BCUT2D eigenvalue weighted by Crippen LogP contribution is -2.36. The van der Waals surface area contributed by atoms with E-state index in [-0.39, 0.29) is 12.6 Å². The van der Waals surface area contributed by atoms with Gasteiger partial charge in [-0.3, -0.25) is 4.79 Å². The van der Waals surface area contributed by atoms with Gasteiger partial charge in [0.1, 0.15) is 12.4 Å². The maximum Gasteiger partial charge on any atom is 0.302 e. The Morgan fingerprint density at radius 3 is 2.56 bits per heavy atom. The van der Waals surface area contributed by atoms with Crippen molar-refractivity contribution in [3.05, 3.63) is 65.7 Å². The minimum atomic E-state index is -0.324. The molecule has 0 bridgehead atoms. The van der Waals surface area contributed by atoms with Crippen LogP contribution in [-0.4, -0.2) is 22.6 Å². The van der Waals surface area contributed by atoms with Gasteiger partial charge in [-0.2, -0.15) is 0 Å². The second kappa shape index (κ2) is 9.76. The van der Waals surface area contributed by atoms with Crippen LogP contribution < -0.4 is 10.6 Å². The van der Waals surface area contributed by atoms with E-state index in [1.165, 1.54) is 11.9 Å². The predicted octanol–water partition coefficient (Wildman–Crippen LogP) is 3.22. The highest BCUT2D eigenvalue weighted by atomic mass is 32.1. The lowest BCUT2D eigenvalue weighted by atomic mass is 10.2. The Balaban J connectivity index is 1.85. The van der Waals surface area contributed by atoms with E-state index < -0.39 is 0 Å². The van der Waals surface area contributed by atoms with Gasteiger partial charge in [-0.1, -0.05) is 54.7 Å². The number of ether oxygens (including phenoxy) is 2. The first-order valence-corrected chi connectivity index (χ1v) is 8.39. The molecule has 2 aromatic rings. The van der Waals surface area contributed by atoms with Crippen molar-refractivity contribution in [2.45, 2.75) is 26.5 Å². The first-order chi connectivity index (χ1) is 12.0. The minimum absolute atomic E-state index is 0.238. The Hall–Kier alpha value is -2.44. The smallest absolute Gasteiger partial charge is 0.302 e. The number of nitrogens with two attached hydrogens (primary N) is 1. The third kappa shape index (κ3) is 6.91. The molecule has 0 aromatic heterocycles. The fourth-order valence-corrected chi connectivity index (χ4v) is 2.33. The largest absolute Gasteiger partial charge is 0.489 e. The topological polar surface area (TPSA) is 64.8 Å². The van der Waals surface area contributed by atoms with Crippen LogP contribution in [0.2, 0.25) is 0 Å². The molecule has 0 fully saturated rings. The molecule has 0 heterocycles. The first-order valence-electron chi connectivity index (χ1n) is 7.98. The maximum absolute atomic E-state index is 10.8.